The zero-order valence-electron chi connectivity index (χ0n) is 16.3. The van der Waals surface area contributed by atoms with E-state index in [-0.39, 0.29) is 5.91 Å². The molecule has 0 saturated heterocycles. The molecule has 0 spiro atoms. The van der Waals surface area contributed by atoms with E-state index in [9.17, 15) is 4.79 Å². The highest BCUT2D eigenvalue weighted by Crippen LogP contribution is 2.31. The highest BCUT2D eigenvalue weighted by atomic mass is 32.1. The molecule has 6 nitrogen and oxygen atoms in total. The molecule has 2 aromatic heterocycles. The number of ether oxygens (including phenoxy) is 1. The number of aryl methyl sites for hydroxylation is 1. The molecule has 7 heteroatoms. The summed E-state index contributed by atoms with van der Waals surface area (Å²) in [5, 5.41) is 7.83. The molecule has 2 aromatic carbocycles. The first-order valence-electron chi connectivity index (χ1n) is 9.10. The minimum atomic E-state index is -0.222. The molecule has 2 heterocycles. The van der Waals surface area contributed by atoms with Gasteiger partial charge in [0.25, 0.3) is 5.91 Å². The number of amides is 1. The molecule has 0 saturated carbocycles. The van der Waals surface area contributed by atoms with Crippen molar-refractivity contribution in [3.63, 3.8) is 0 Å². The van der Waals surface area contributed by atoms with Crippen LogP contribution in [0.3, 0.4) is 0 Å². The van der Waals surface area contributed by atoms with Crippen molar-refractivity contribution in [2.75, 3.05) is 12.4 Å². The lowest BCUT2D eigenvalue weighted by Crippen LogP contribution is -2.13. The van der Waals surface area contributed by atoms with E-state index in [1.54, 1.807) is 18.0 Å². The average molecular weight is 404 g/mol. The summed E-state index contributed by atoms with van der Waals surface area (Å²) in [7, 11) is 1.64. The molecule has 0 radical (unpaired) electrons. The highest BCUT2D eigenvalue weighted by molar-refractivity contribution is 7.16. The number of benzene rings is 2. The number of anilines is 1. The number of aromatic nitrogens is 3. The van der Waals surface area contributed by atoms with Crippen molar-refractivity contribution in [3.8, 4) is 22.7 Å². The van der Waals surface area contributed by atoms with Crippen LogP contribution in [0.2, 0.25) is 0 Å². The molecule has 0 aliphatic heterocycles. The Morgan fingerprint density at radius 3 is 2.48 bits per heavy atom. The van der Waals surface area contributed by atoms with Gasteiger partial charge in [-0.2, -0.15) is 5.10 Å². The predicted octanol–water partition coefficient (Wildman–Crippen LogP) is 4.87. The maximum atomic E-state index is 12.8. The maximum absolute atomic E-state index is 12.8. The van der Waals surface area contributed by atoms with Crippen molar-refractivity contribution in [3.05, 3.63) is 76.9 Å². The molecule has 4 aromatic rings. The summed E-state index contributed by atoms with van der Waals surface area (Å²) in [4.78, 5) is 18.4. The first-order chi connectivity index (χ1) is 14.1. The number of carbonyl (C=O) groups excluding carboxylic acids is 1. The second-order valence-corrected chi connectivity index (χ2v) is 7.70. The number of para-hydroxylation sites is 1. The predicted molar refractivity (Wildman–Crippen MR) is 115 cm³/mol. The Labute approximate surface area is 172 Å². The lowest BCUT2D eigenvalue weighted by Gasteiger charge is -2.05. The molecule has 0 bridgehead atoms. The van der Waals surface area contributed by atoms with Gasteiger partial charge in [0.2, 0.25) is 0 Å². The fourth-order valence-corrected chi connectivity index (χ4v) is 3.92. The number of hydrogen-bond acceptors (Lipinski definition) is 5. The lowest BCUT2D eigenvalue weighted by molar-refractivity contribution is 0.102. The molecular weight excluding hydrogens is 384 g/mol. The van der Waals surface area contributed by atoms with Crippen LogP contribution < -0.4 is 10.1 Å². The van der Waals surface area contributed by atoms with Crippen molar-refractivity contribution in [1.82, 2.24) is 14.8 Å². The van der Waals surface area contributed by atoms with Crippen molar-refractivity contribution in [2.24, 2.45) is 0 Å². The van der Waals surface area contributed by atoms with E-state index in [4.69, 9.17) is 4.74 Å². The van der Waals surface area contributed by atoms with Crippen LogP contribution in [-0.2, 0) is 0 Å². The van der Waals surface area contributed by atoms with Gasteiger partial charge in [0.1, 0.15) is 5.75 Å². The van der Waals surface area contributed by atoms with Crippen molar-refractivity contribution in [2.45, 2.75) is 13.8 Å². The number of nitrogens with one attached hydrogen (secondary N) is 1. The van der Waals surface area contributed by atoms with Gasteiger partial charge in [-0.05, 0) is 50.2 Å². The molecule has 0 unspecified atom stereocenters. The number of hydrogen-bond donors (Lipinski definition) is 1. The summed E-state index contributed by atoms with van der Waals surface area (Å²) < 4.78 is 6.96. The Kier molecular flexibility index (Phi) is 5.14. The van der Waals surface area contributed by atoms with E-state index in [0.717, 1.165) is 33.3 Å². The van der Waals surface area contributed by atoms with E-state index < -0.39 is 0 Å². The minimum Gasteiger partial charge on any atom is -0.497 e. The average Bonchev–Trinajstić information content (AvgIpc) is 3.31. The monoisotopic (exact) mass is 404 g/mol. The smallest absolute Gasteiger partial charge is 0.260 e. The largest absolute Gasteiger partial charge is 0.497 e. The third-order valence-corrected chi connectivity index (χ3v) is 5.52. The van der Waals surface area contributed by atoms with Crippen LogP contribution in [-0.4, -0.2) is 27.8 Å². The standard InChI is InChI=1S/C22H20N4O2S/c1-14-19(13-23-26(14)17-7-5-4-6-8-17)21(27)25-22-24-20(15(2)29-22)16-9-11-18(28-3)12-10-16/h4-13H,1-3H3,(H,24,25,27). The van der Waals surface area contributed by atoms with Gasteiger partial charge in [-0.3, -0.25) is 10.1 Å². The third kappa shape index (κ3) is 3.77. The van der Waals surface area contributed by atoms with Gasteiger partial charge in [0.15, 0.2) is 5.13 Å². The van der Waals surface area contributed by atoms with Gasteiger partial charge in [0, 0.05) is 10.4 Å². The summed E-state index contributed by atoms with van der Waals surface area (Å²) >= 11 is 1.45. The van der Waals surface area contributed by atoms with Crippen LogP contribution >= 0.6 is 11.3 Å². The number of rotatable bonds is 5. The Morgan fingerprint density at radius 1 is 1.07 bits per heavy atom. The Bertz CT molecular complexity index is 1150. The quantitative estimate of drug-likeness (QED) is 0.515. The maximum Gasteiger partial charge on any atom is 0.260 e. The molecule has 1 N–H and O–H groups in total. The first kappa shape index (κ1) is 18.9. The van der Waals surface area contributed by atoms with Gasteiger partial charge in [0.05, 0.1) is 35.9 Å². The van der Waals surface area contributed by atoms with E-state index >= 15 is 0 Å². The summed E-state index contributed by atoms with van der Waals surface area (Å²) in [5.74, 6) is 0.570. The van der Waals surface area contributed by atoms with Crippen LogP contribution in [0.15, 0.2) is 60.8 Å². The summed E-state index contributed by atoms with van der Waals surface area (Å²) in [6.07, 6.45) is 1.59. The molecule has 0 atom stereocenters. The highest BCUT2D eigenvalue weighted by Gasteiger charge is 2.18. The Balaban J connectivity index is 1.56. The number of thiazole rings is 1. The molecule has 1 amide bonds. The van der Waals surface area contributed by atoms with Crippen LogP contribution in [0.5, 0.6) is 5.75 Å². The van der Waals surface area contributed by atoms with Crippen molar-refractivity contribution < 1.29 is 9.53 Å². The normalized spacial score (nSPS) is 10.7. The topological polar surface area (TPSA) is 69.0 Å². The number of methoxy groups -OCH3 is 1. The van der Waals surface area contributed by atoms with Crippen LogP contribution in [0.25, 0.3) is 16.9 Å². The third-order valence-electron chi connectivity index (χ3n) is 4.64. The number of carbonyl (C=O) groups is 1. The Hall–Kier alpha value is -3.45. The van der Waals surface area contributed by atoms with Gasteiger partial charge in [-0.15, -0.1) is 11.3 Å². The SMILES string of the molecule is COc1ccc(-c2nc(NC(=O)c3cnn(-c4ccccc4)c3C)sc2C)cc1. The zero-order valence-corrected chi connectivity index (χ0v) is 17.2. The van der Waals surface area contributed by atoms with E-state index in [0.29, 0.717) is 10.7 Å². The van der Waals surface area contributed by atoms with Gasteiger partial charge >= 0.3 is 0 Å². The zero-order chi connectivity index (χ0) is 20.4. The summed E-state index contributed by atoms with van der Waals surface area (Å²) in [6.45, 7) is 3.87. The molecule has 0 aliphatic carbocycles. The number of nitrogens with zero attached hydrogens (tertiary/aromatic N) is 3. The molecular formula is C22H20N4O2S. The molecule has 29 heavy (non-hydrogen) atoms. The fourth-order valence-electron chi connectivity index (χ4n) is 3.09. The van der Waals surface area contributed by atoms with Crippen LogP contribution in [0.4, 0.5) is 5.13 Å². The van der Waals surface area contributed by atoms with Crippen molar-refractivity contribution in [1.29, 1.82) is 0 Å². The van der Waals surface area contributed by atoms with Crippen LogP contribution in [0.1, 0.15) is 20.9 Å². The second-order valence-electron chi connectivity index (χ2n) is 6.50. The summed E-state index contributed by atoms with van der Waals surface area (Å²) in [6, 6.07) is 17.4. The van der Waals surface area contributed by atoms with E-state index in [1.165, 1.54) is 11.3 Å². The first-order valence-corrected chi connectivity index (χ1v) is 9.91. The molecule has 146 valence electrons. The second kappa shape index (κ2) is 7.89. The molecule has 4 rings (SSSR count). The Morgan fingerprint density at radius 2 is 1.79 bits per heavy atom. The van der Waals surface area contributed by atoms with Crippen LogP contribution in [0, 0.1) is 13.8 Å². The van der Waals surface area contributed by atoms with Crippen molar-refractivity contribution >= 4 is 22.4 Å². The van der Waals surface area contributed by atoms with Gasteiger partial charge in [-0.1, -0.05) is 18.2 Å². The minimum absolute atomic E-state index is 0.222. The molecule has 0 aliphatic rings. The van der Waals surface area contributed by atoms with E-state index in [2.05, 4.69) is 15.4 Å². The molecule has 0 fully saturated rings. The van der Waals surface area contributed by atoms with E-state index in [1.807, 2.05) is 68.4 Å². The van der Waals surface area contributed by atoms with Gasteiger partial charge in [-0.25, -0.2) is 9.67 Å². The lowest BCUT2D eigenvalue weighted by atomic mass is 10.1. The van der Waals surface area contributed by atoms with Gasteiger partial charge < -0.3 is 4.74 Å². The summed E-state index contributed by atoms with van der Waals surface area (Å²) in [5.41, 5.74) is 4.04. The fraction of sp³-hybridized carbons (Fsp3) is 0.136.